The molecule has 6 heteroatoms. The SMILES string of the molecule is CN(C)[C@@]1(c2ccccc2)CCCNC(=O)N(CC(=O)O)CC1. The Balaban J connectivity index is 2.31. The van der Waals surface area contributed by atoms with E-state index in [9.17, 15) is 9.59 Å². The molecule has 1 atom stereocenters. The highest BCUT2D eigenvalue weighted by atomic mass is 16.4. The van der Waals surface area contributed by atoms with Crippen LogP contribution in [0.4, 0.5) is 4.79 Å². The molecule has 2 rings (SSSR count). The zero-order valence-corrected chi connectivity index (χ0v) is 13.8. The molecule has 1 fully saturated rings. The van der Waals surface area contributed by atoms with E-state index in [0.29, 0.717) is 19.5 Å². The smallest absolute Gasteiger partial charge is 0.323 e. The zero-order valence-electron chi connectivity index (χ0n) is 13.8. The lowest BCUT2D eigenvalue weighted by Gasteiger charge is -2.41. The summed E-state index contributed by atoms with van der Waals surface area (Å²) in [6, 6.07) is 9.94. The molecule has 0 radical (unpaired) electrons. The lowest BCUT2D eigenvalue weighted by Crippen LogP contribution is -2.46. The normalized spacial score (nSPS) is 22.9. The number of carbonyl (C=O) groups is 2. The zero-order chi connectivity index (χ0) is 16.9. The highest BCUT2D eigenvalue weighted by Gasteiger charge is 2.36. The molecule has 2 N–H and O–H groups in total. The maximum Gasteiger partial charge on any atom is 0.323 e. The number of nitrogens with one attached hydrogen (secondary N) is 1. The third kappa shape index (κ3) is 4.01. The Bertz CT molecular complexity index is 547. The Hall–Kier alpha value is -2.08. The minimum atomic E-state index is -0.991. The topological polar surface area (TPSA) is 72.9 Å². The largest absolute Gasteiger partial charge is 0.480 e. The Morgan fingerprint density at radius 2 is 2.00 bits per heavy atom. The van der Waals surface area contributed by atoms with Gasteiger partial charge in [0.1, 0.15) is 6.54 Å². The summed E-state index contributed by atoms with van der Waals surface area (Å²) in [6.07, 6.45) is 2.45. The summed E-state index contributed by atoms with van der Waals surface area (Å²) in [4.78, 5) is 26.7. The summed E-state index contributed by atoms with van der Waals surface area (Å²) in [5, 5.41) is 11.9. The second kappa shape index (κ2) is 7.46. The van der Waals surface area contributed by atoms with Gasteiger partial charge in [-0.15, -0.1) is 0 Å². The number of urea groups is 1. The first-order valence-corrected chi connectivity index (χ1v) is 7.93. The van der Waals surface area contributed by atoms with Crippen LogP contribution in [0.25, 0.3) is 0 Å². The van der Waals surface area contributed by atoms with Gasteiger partial charge < -0.3 is 15.3 Å². The fourth-order valence-electron chi connectivity index (χ4n) is 3.29. The predicted octanol–water partition coefficient (Wildman–Crippen LogP) is 1.72. The molecule has 2 amide bonds. The molecule has 1 aromatic carbocycles. The van der Waals surface area contributed by atoms with E-state index < -0.39 is 5.97 Å². The van der Waals surface area contributed by atoms with Crippen molar-refractivity contribution in [2.75, 3.05) is 33.7 Å². The second-order valence-corrected chi connectivity index (χ2v) is 6.19. The van der Waals surface area contributed by atoms with Gasteiger partial charge in [0, 0.05) is 18.6 Å². The Kier molecular flexibility index (Phi) is 5.60. The minimum absolute atomic E-state index is 0.204. The summed E-state index contributed by atoms with van der Waals surface area (Å²) in [5.41, 5.74) is 0.999. The van der Waals surface area contributed by atoms with E-state index >= 15 is 0 Å². The fraction of sp³-hybridized carbons (Fsp3) is 0.529. The average Bonchev–Trinajstić information content (AvgIpc) is 2.59. The molecule has 1 saturated heterocycles. The van der Waals surface area contributed by atoms with Crippen molar-refractivity contribution in [3.63, 3.8) is 0 Å². The quantitative estimate of drug-likeness (QED) is 0.886. The minimum Gasteiger partial charge on any atom is -0.480 e. The van der Waals surface area contributed by atoms with Crippen molar-refractivity contribution in [1.82, 2.24) is 15.1 Å². The molecule has 1 aliphatic rings. The molecule has 0 spiro atoms. The number of aliphatic carboxylic acids is 1. The molecule has 1 aliphatic heterocycles. The third-order valence-corrected chi connectivity index (χ3v) is 4.62. The van der Waals surface area contributed by atoms with Crippen LogP contribution < -0.4 is 5.32 Å². The fourth-order valence-corrected chi connectivity index (χ4v) is 3.29. The van der Waals surface area contributed by atoms with Crippen molar-refractivity contribution in [2.45, 2.75) is 24.8 Å². The second-order valence-electron chi connectivity index (χ2n) is 6.19. The lowest BCUT2D eigenvalue weighted by atomic mass is 9.81. The van der Waals surface area contributed by atoms with Crippen LogP contribution >= 0.6 is 0 Å². The molecule has 0 unspecified atom stereocenters. The Morgan fingerprint density at radius 1 is 1.30 bits per heavy atom. The monoisotopic (exact) mass is 319 g/mol. The van der Waals surface area contributed by atoms with Crippen molar-refractivity contribution in [3.8, 4) is 0 Å². The van der Waals surface area contributed by atoms with Gasteiger partial charge in [-0.25, -0.2) is 4.79 Å². The van der Waals surface area contributed by atoms with Crippen LogP contribution in [-0.2, 0) is 10.3 Å². The van der Waals surface area contributed by atoms with Gasteiger partial charge in [-0.2, -0.15) is 0 Å². The molecule has 6 nitrogen and oxygen atoms in total. The van der Waals surface area contributed by atoms with Crippen molar-refractivity contribution in [3.05, 3.63) is 35.9 Å². The summed E-state index contributed by atoms with van der Waals surface area (Å²) in [7, 11) is 4.09. The van der Waals surface area contributed by atoms with Gasteiger partial charge in [0.2, 0.25) is 0 Å². The first kappa shape index (κ1) is 17.3. The van der Waals surface area contributed by atoms with E-state index in [4.69, 9.17) is 5.11 Å². The van der Waals surface area contributed by atoms with E-state index in [-0.39, 0.29) is 18.1 Å². The molecule has 0 aromatic heterocycles. The van der Waals surface area contributed by atoms with Crippen molar-refractivity contribution in [2.24, 2.45) is 0 Å². The number of carbonyl (C=O) groups excluding carboxylic acids is 1. The lowest BCUT2D eigenvalue weighted by molar-refractivity contribution is -0.137. The molecular weight excluding hydrogens is 294 g/mol. The van der Waals surface area contributed by atoms with Gasteiger partial charge >= 0.3 is 12.0 Å². The van der Waals surface area contributed by atoms with Crippen LogP contribution in [-0.4, -0.2) is 60.6 Å². The number of rotatable bonds is 4. The van der Waals surface area contributed by atoms with Crippen LogP contribution in [0, 0.1) is 0 Å². The van der Waals surface area contributed by atoms with Gasteiger partial charge in [-0.05, 0) is 38.9 Å². The standard InChI is InChI=1S/C17H25N3O3/c1-19(2)17(14-7-4-3-5-8-14)9-6-11-18-16(23)20(12-10-17)13-15(21)22/h3-5,7-8H,6,9-13H2,1-2H3,(H,18,23)(H,21,22)/t17-/m0/s1. The van der Waals surface area contributed by atoms with E-state index in [1.807, 2.05) is 32.3 Å². The number of amides is 2. The number of hydrogen-bond donors (Lipinski definition) is 2. The third-order valence-electron chi connectivity index (χ3n) is 4.62. The van der Waals surface area contributed by atoms with Gasteiger partial charge in [-0.3, -0.25) is 9.69 Å². The number of nitrogens with zero attached hydrogens (tertiary/aromatic N) is 2. The molecule has 0 saturated carbocycles. The van der Waals surface area contributed by atoms with Gasteiger partial charge in [0.25, 0.3) is 0 Å². The summed E-state index contributed by atoms with van der Waals surface area (Å²) < 4.78 is 0. The highest BCUT2D eigenvalue weighted by molar-refractivity contribution is 5.80. The van der Waals surface area contributed by atoms with E-state index in [1.165, 1.54) is 10.5 Å². The highest BCUT2D eigenvalue weighted by Crippen LogP contribution is 2.35. The van der Waals surface area contributed by atoms with Crippen LogP contribution in [0.3, 0.4) is 0 Å². The van der Waals surface area contributed by atoms with Crippen LogP contribution in [0.2, 0.25) is 0 Å². The summed E-state index contributed by atoms with van der Waals surface area (Å²) in [5.74, 6) is -0.991. The first-order chi connectivity index (χ1) is 11.0. The number of carboxylic acids is 1. The molecule has 1 aromatic rings. The van der Waals surface area contributed by atoms with Crippen molar-refractivity contribution in [1.29, 1.82) is 0 Å². The summed E-state index contributed by atoms with van der Waals surface area (Å²) in [6.45, 7) is 0.687. The molecule has 0 aliphatic carbocycles. The molecular formula is C17H25N3O3. The summed E-state index contributed by atoms with van der Waals surface area (Å²) >= 11 is 0. The van der Waals surface area contributed by atoms with Gasteiger partial charge in [0.05, 0.1) is 0 Å². The van der Waals surface area contributed by atoms with E-state index in [2.05, 4.69) is 22.3 Å². The molecule has 23 heavy (non-hydrogen) atoms. The number of hydrogen-bond acceptors (Lipinski definition) is 3. The average molecular weight is 319 g/mol. The first-order valence-electron chi connectivity index (χ1n) is 7.93. The number of benzene rings is 1. The Morgan fingerprint density at radius 3 is 2.61 bits per heavy atom. The molecule has 0 bridgehead atoms. The van der Waals surface area contributed by atoms with Crippen molar-refractivity contribution >= 4 is 12.0 Å². The Labute approximate surface area is 137 Å². The maximum absolute atomic E-state index is 12.1. The van der Waals surface area contributed by atoms with Crippen LogP contribution in [0.5, 0.6) is 0 Å². The van der Waals surface area contributed by atoms with E-state index in [1.54, 1.807) is 0 Å². The molecule has 1 heterocycles. The predicted molar refractivity (Wildman–Crippen MR) is 88.3 cm³/mol. The molecule has 126 valence electrons. The van der Waals surface area contributed by atoms with Gasteiger partial charge in [0.15, 0.2) is 0 Å². The maximum atomic E-state index is 12.1. The van der Waals surface area contributed by atoms with E-state index in [0.717, 1.165) is 12.8 Å². The van der Waals surface area contributed by atoms with Crippen LogP contribution in [0.1, 0.15) is 24.8 Å². The number of carboxylic acid groups (broad SMARTS) is 1. The van der Waals surface area contributed by atoms with Crippen molar-refractivity contribution < 1.29 is 14.7 Å². The van der Waals surface area contributed by atoms with Gasteiger partial charge in [-0.1, -0.05) is 30.3 Å². The van der Waals surface area contributed by atoms with Crippen LogP contribution in [0.15, 0.2) is 30.3 Å².